The Bertz CT molecular complexity index is 864. The van der Waals surface area contributed by atoms with Gasteiger partial charge in [0, 0.05) is 24.4 Å². The summed E-state index contributed by atoms with van der Waals surface area (Å²) in [7, 11) is 0. The summed E-state index contributed by atoms with van der Waals surface area (Å²) >= 11 is 0. The van der Waals surface area contributed by atoms with E-state index in [1.165, 1.54) is 0 Å². The largest absolute Gasteiger partial charge is 0.456 e. The lowest BCUT2D eigenvalue weighted by Gasteiger charge is -2.10. The van der Waals surface area contributed by atoms with Crippen LogP contribution in [0.15, 0.2) is 0 Å². The molecule has 2 rings (SSSR count). The first-order valence-electron chi connectivity index (χ1n) is 8.85. The molecule has 1 N–H and O–H groups in total. The van der Waals surface area contributed by atoms with Gasteiger partial charge >= 0.3 is 12.1 Å². The van der Waals surface area contributed by atoms with E-state index >= 15 is 0 Å². The Kier molecular flexibility index (Phi) is 6.92. The molecule has 0 atom stereocenters. The van der Waals surface area contributed by atoms with Crippen molar-refractivity contribution in [3.63, 3.8) is 0 Å². The Labute approximate surface area is 159 Å². The Morgan fingerprint density at radius 3 is 2.57 bits per heavy atom. The van der Waals surface area contributed by atoms with Crippen molar-refractivity contribution in [1.29, 1.82) is 0 Å². The number of fused-ring (bicyclic) bond motifs is 1. The lowest BCUT2D eigenvalue weighted by atomic mass is 10.1. The Hall–Kier alpha value is -2.72. The van der Waals surface area contributed by atoms with Crippen LogP contribution in [-0.4, -0.2) is 44.6 Å². The van der Waals surface area contributed by atoms with Crippen molar-refractivity contribution >= 4 is 17.7 Å². The van der Waals surface area contributed by atoms with Gasteiger partial charge in [0.1, 0.15) is 0 Å². The molecule has 2 heterocycles. The number of hydrogen-bond acceptors (Lipinski definition) is 6. The van der Waals surface area contributed by atoms with Crippen molar-refractivity contribution in [1.82, 2.24) is 24.9 Å². The zero-order valence-corrected chi connectivity index (χ0v) is 15.9. The van der Waals surface area contributed by atoms with Crippen LogP contribution in [0.3, 0.4) is 0 Å². The van der Waals surface area contributed by atoms with Gasteiger partial charge in [-0.2, -0.15) is 18.2 Å². The van der Waals surface area contributed by atoms with Crippen LogP contribution in [0.2, 0.25) is 0 Å². The molecule has 0 aliphatic carbocycles. The number of halogens is 3. The minimum atomic E-state index is -4.67. The van der Waals surface area contributed by atoms with Crippen molar-refractivity contribution in [2.75, 3.05) is 13.2 Å². The topological polar surface area (TPSA) is 98.5 Å². The normalized spacial score (nSPS) is 11.6. The molecule has 8 nitrogen and oxygen atoms in total. The highest BCUT2D eigenvalue weighted by Gasteiger charge is 2.36. The van der Waals surface area contributed by atoms with E-state index in [9.17, 15) is 22.8 Å². The number of nitrogens with zero attached hydrogens (tertiary/aromatic N) is 4. The Morgan fingerprint density at radius 1 is 1.21 bits per heavy atom. The van der Waals surface area contributed by atoms with Gasteiger partial charge in [0.2, 0.25) is 0 Å². The first-order chi connectivity index (χ1) is 13.1. The molecular formula is C17H22F3N5O3. The van der Waals surface area contributed by atoms with Crippen LogP contribution in [-0.2, 0) is 26.9 Å². The lowest BCUT2D eigenvalue weighted by Crippen LogP contribution is -2.29. The highest BCUT2D eigenvalue weighted by molar-refractivity contribution is 5.80. The highest BCUT2D eigenvalue weighted by Crippen LogP contribution is 2.27. The second-order valence-electron chi connectivity index (χ2n) is 6.27. The second-order valence-corrected chi connectivity index (χ2v) is 6.27. The summed E-state index contributed by atoms with van der Waals surface area (Å²) in [6.07, 6.45) is -2.74. The SMILES string of the molecule is CCCCNC(=O)COC(=O)CCc1c(C)nc2nc(C(F)(F)F)nn2c1C. The number of hydrogen-bond donors (Lipinski definition) is 1. The number of unbranched alkanes of at least 4 members (excludes halogenated alkanes) is 1. The first kappa shape index (κ1) is 21.6. The van der Waals surface area contributed by atoms with Crippen molar-refractivity contribution in [3.8, 4) is 0 Å². The molecule has 154 valence electrons. The Balaban J connectivity index is 2.00. The molecule has 0 saturated heterocycles. The summed E-state index contributed by atoms with van der Waals surface area (Å²) in [6.45, 7) is 5.35. The van der Waals surface area contributed by atoms with E-state index in [0.29, 0.717) is 23.5 Å². The fourth-order valence-corrected chi connectivity index (χ4v) is 2.59. The number of aryl methyl sites for hydroxylation is 2. The van der Waals surface area contributed by atoms with Gasteiger partial charge in [0.25, 0.3) is 17.5 Å². The minimum Gasteiger partial charge on any atom is -0.456 e. The maximum absolute atomic E-state index is 12.8. The van der Waals surface area contributed by atoms with Crippen LogP contribution in [0.25, 0.3) is 5.78 Å². The number of carbonyl (C=O) groups excluding carboxylic acids is 2. The molecule has 2 aromatic rings. The third kappa shape index (κ3) is 5.40. The highest BCUT2D eigenvalue weighted by atomic mass is 19.4. The van der Waals surface area contributed by atoms with Crippen LogP contribution in [0.5, 0.6) is 0 Å². The molecular weight excluding hydrogens is 379 g/mol. The van der Waals surface area contributed by atoms with E-state index in [4.69, 9.17) is 4.74 Å². The first-order valence-corrected chi connectivity index (χ1v) is 8.85. The second kappa shape index (κ2) is 8.98. The van der Waals surface area contributed by atoms with Gasteiger partial charge in [-0.3, -0.25) is 9.59 Å². The average molecular weight is 401 g/mol. The summed E-state index contributed by atoms with van der Waals surface area (Å²) in [5, 5.41) is 6.09. The number of amides is 1. The molecule has 1 amide bonds. The number of carbonyl (C=O) groups is 2. The number of esters is 1. The summed E-state index contributed by atoms with van der Waals surface area (Å²) in [4.78, 5) is 30.8. The van der Waals surface area contributed by atoms with Crippen molar-refractivity contribution in [3.05, 3.63) is 22.8 Å². The van der Waals surface area contributed by atoms with E-state index < -0.39 is 18.0 Å². The van der Waals surface area contributed by atoms with E-state index in [-0.39, 0.29) is 31.1 Å². The van der Waals surface area contributed by atoms with Gasteiger partial charge in [-0.15, -0.1) is 5.10 Å². The van der Waals surface area contributed by atoms with Gasteiger partial charge in [0.05, 0.1) is 0 Å². The van der Waals surface area contributed by atoms with E-state index in [2.05, 4.69) is 20.4 Å². The van der Waals surface area contributed by atoms with Crippen LogP contribution >= 0.6 is 0 Å². The molecule has 0 radical (unpaired) electrons. The van der Waals surface area contributed by atoms with Gasteiger partial charge in [0.15, 0.2) is 6.61 Å². The predicted octanol–water partition coefficient (Wildman–Crippen LogP) is 2.15. The third-order valence-corrected chi connectivity index (χ3v) is 4.10. The zero-order chi connectivity index (χ0) is 20.9. The quantitative estimate of drug-likeness (QED) is 0.538. The number of aromatic nitrogens is 4. The van der Waals surface area contributed by atoms with Crippen LogP contribution in [0.4, 0.5) is 13.2 Å². The summed E-state index contributed by atoms with van der Waals surface area (Å²) in [5.41, 5.74) is 1.45. The molecule has 0 saturated carbocycles. The maximum atomic E-state index is 12.8. The number of ether oxygens (including phenoxy) is 1. The standard InChI is InChI=1S/C17H22F3N5O3/c1-4-5-8-21-13(26)9-28-14(27)7-6-12-10(2)22-16-23-15(17(18,19)20)24-25(16)11(12)3/h4-9H2,1-3H3,(H,21,26). The molecule has 0 unspecified atom stereocenters. The van der Waals surface area contributed by atoms with Gasteiger partial charge < -0.3 is 10.1 Å². The van der Waals surface area contributed by atoms with Crippen LogP contribution in [0, 0.1) is 13.8 Å². The smallest absolute Gasteiger partial charge is 0.453 e. The molecule has 0 bridgehead atoms. The molecule has 0 aliphatic heterocycles. The maximum Gasteiger partial charge on any atom is 0.453 e. The van der Waals surface area contributed by atoms with Gasteiger partial charge in [-0.05, 0) is 32.3 Å². The molecule has 0 spiro atoms. The van der Waals surface area contributed by atoms with Gasteiger partial charge in [-0.25, -0.2) is 9.50 Å². The fraction of sp³-hybridized carbons (Fsp3) is 0.588. The molecule has 2 aromatic heterocycles. The minimum absolute atomic E-state index is 0.0437. The summed E-state index contributed by atoms with van der Waals surface area (Å²) in [5.74, 6) is -2.39. The molecule has 0 aliphatic rings. The molecule has 0 aromatic carbocycles. The Morgan fingerprint density at radius 2 is 1.93 bits per heavy atom. The van der Waals surface area contributed by atoms with E-state index in [0.717, 1.165) is 17.4 Å². The zero-order valence-electron chi connectivity index (χ0n) is 15.9. The van der Waals surface area contributed by atoms with Crippen LogP contribution < -0.4 is 5.32 Å². The molecule has 0 fully saturated rings. The third-order valence-electron chi connectivity index (χ3n) is 4.10. The number of nitrogens with one attached hydrogen (secondary N) is 1. The van der Waals surface area contributed by atoms with E-state index in [1.807, 2.05) is 6.92 Å². The van der Waals surface area contributed by atoms with Crippen molar-refractivity contribution in [2.45, 2.75) is 52.6 Å². The monoisotopic (exact) mass is 401 g/mol. The number of rotatable bonds is 8. The predicted molar refractivity (Wildman–Crippen MR) is 92.5 cm³/mol. The summed E-state index contributed by atoms with van der Waals surface area (Å²) < 4.78 is 44.3. The van der Waals surface area contributed by atoms with E-state index in [1.54, 1.807) is 13.8 Å². The van der Waals surface area contributed by atoms with Gasteiger partial charge in [-0.1, -0.05) is 13.3 Å². The molecule has 11 heteroatoms. The molecule has 28 heavy (non-hydrogen) atoms. The average Bonchev–Trinajstić information content (AvgIpc) is 3.04. The van der Waals surface area contributed by atoms with Crippen molar-refractivity contribution in [2.24, 2.45) is 0 Å². The number of alkyl halides is 3. The van der Waals surface area contributed by atoms with Crippen LogP contribution in [0.1, 0.15) is 49.0 Å². The summed E-state index contributed by atoms with van der Waals surface area (Å²) in [6, 6.07) is 0. The van der Waals surface area contributed by atoms with Crippen molar-refractivity contribution < 1.29 is 27.5 Å². The fourth-order valence-electron chi connectivity index (χ4n) is 2.59. The lowest BCUT2D eigenvalue weighted by molar-refractivity contribution is -0.148.